The van der Waals surface area contributed by atoms with Gasteiger partial charge >= 0.3 is 0 Å². The van der Waals surface area contributed by atoms with Crippen molar-refractivity contribution in [3.05, 3.63) is 35.6 Å². The second-order valence-corrected chi connectivity index (χ2v) is 4.47. The molecule has 1 N–H and O–H groups in total. The highest BCUT2D eigenvalue weighted by atomic mass is 19.1. The van der Waals surface area contributed by atoms with Crippen molar-refractivity contribution in [2.45, 2.75) is 25.7 Å². The van der Waals surface area contributed by atoms with Gasteiger partial charge in [-0.15, -0.1) is 0 Å². The summed E-state index contributed by atoms with van der Waals surface area (Å²) in [5, 5.41) is 9.30. The van der Waals surface area contributed by atoms with Gasteiger partial charge in [0.15, 0.2) is 0 Å². The fraction of sp³-hybridized carbons (Fsp3) is 0.538. The zero-order valence-electron chi connectivity index (χ0n) is 8.82. The van der Waals surface area contributed by atoms with Gasteiger partial charge in [0.05, 0.1) is 0 Å². The second kappa shape index (κ2) is 4.75. The van der Waals surface area contributed by atoms with Crippen LogP contribution in [0, 0.1) is 17.7 Å². The predicted octanol–water partition coefficient (Wildman–Crippen LogP) is 2.78. The molecule has 15 heavy (non-hydrogen) atoms. The second-order valence-electron chi connectivity index (χ2n) is 4.47. The van der Waals surface area contributed by atoms with Crippen LogP contribution in [0.25, 0.3) is 0 Å². The van der Waals surface area contributed by atoms with Crippen molar-refractivity contribution >= 4 is 0 Å². The lowest BCUT2D eigenvalue weighted by molar-refractivity contribution is 0.123. The van der Waals surface area contributed by atoms with Gasteiger partial charge in [-0.3, -0.25) is 0 Å². The van der Waals surface area contributed by atoms with Crippen LogP contribution >= 0.6 is 0 Å². The minimum atomic E-state index is -0.183. The molecule has 0 aliphatic heterocycles. The molecule has 2 heteroatoms. The number of hydrogen-bond acceptors (Lipinski definition) is 1. The van der Waals surface area contributed by atoms with Crippen molar-refractivity contribution in [2.24, 2.45) is 11.8 Å². The minimum Gasteiger partial charge on any atom is -0.396 e. The van der Waals surface area contributed by atoms with Crippen molar-refractivity contribution in [3.63, 3.8) is 0 Å². The molecule has 0 amide bonds. The first-order chi connectivity index (χ1) is 7.29. The van der Waals surface area contributed by atoms with Crippen LogP contribution in [0.4, 0.5) is 4.39 Å². The first-order valence-electron chi connectivity index (χ1n) is 5.65. The molecule has 1 atom stereocenters. The monoisotopic (exact) mass is 208 g/mol. The van der Waals surface area contributed by atoms with Gasteiger partial charge in [-0.1, -0.05) is 31.4 Å². The Bertz CT molecular complexity index is 320. The van der Waals surface area contributed by atoms with Crippen molar-refractivity contribution < 1.29 is 9.50 Å². The zero-order chi connectivity index (χ0) is 10.7. The summed E-state index contributed by atoms with van der Waals surface area (Å²) in [4.78, 5) is 0. The molecular formula is C13H17FO. The quantitative estimate of drug-likeness (QED) is 0.806. The molecule has 1 fully saturated rings. The summed E-state index contributed by atoms with van der Waals surface area (Å²) in [5.74, 6) is 0.789. The van der Waals surface area contributed by atoms with Crippen LogP contribution < -0.4 is 0 Å². The fourth-order valence-electron chi connectivity index (χ4n) is 2.26. The van der Waals surface area contributed by atoms with E-state index >= 15 is 0 Å². The summed E-state index contributed by atoms with van der Waals surface area (Å²) in [5.41, 5.74) is 1.00. The highest BCUT2D eigenvalue weighted by Gasteiger charge is 2.26. The van der Waals surface area contributed by atoms with E-state index in [1.54, 1.807) is 12.1 Å². The van der Waals surface area contributed by atoms with Crippen molar-refractivity contribution in [1.82, 2.24) is 0 Å². The van der Waals surface area contributed by atoms with E-state index in [9.17, 15) is 9.50 Å². The van der Waals surface area contributed by atoms with E-state index < -0.39 is 0 Å². The summed E-state index contributed by atoms with van der Waals surface area (Å²) >= 11 is 0. The largest absolute Gasteiger partial charge is 0.396 e. The Morgan fingerprint density at radius 2 is 2.20 bits per heavy atom. The van der Waals surface area contributed by atoms with Gasteiger partial charge in [0, 0.05) is 6.61 Å². The lowest BCUT2D eigenvalue weighted by atomic mass is 9.74. The topological polar surface area (TPSA) is 20.2 Å². The van der Waals surface area contributed by atoms with Crippen LogP contribution in [-0.2, 0) is 6.42 Å². The molecule has 0 saturated heterocycles. The third-order valence-electron chi connectivity index (χ3n) is 3.44. The number of benzene rings is 1. The zero-order valence-corrected chi connectivity index (χ0v) is 8.82. The Hall–Kier alpha value is -0.890. The van der Waals surface area contributed by atoms with Gasteiger partial charge in [0.2, 0.25) is 0 Å². The van der Waals surface area contributed by atoms with Gasteiger partial charge in [-0.05, 0) is 36.0 Å². The third kappa shape index (κ3) is 2.57. The van der Waals surface area contributed by atoms with Crippen molar-refractivity contribution in [2.75, 3.05) is 6.61 Å². The molecule has 0 spiro atoms. The molecule has 1 aliphatic rings. The molecular weight excluding hydrogens is 191 g/mol. The maximum Gasteiger partial charge on any atom is 0.123 e. The first kappa shape index (κ1) is 10.6. The lowest BCUT2D eigenvalue weighted by Crippen LogP contribution is -2.26. The van der Waals surface area contributed by atoms with Crippen LogP contribution in [0.2, 0.25) is 0 Å². The summed E-state index contributed by atoms with van der Waals surface area (Å²) in [6, 6.07) is 6.70. The Morgan fingerprint density at radius 1 is 1.40 bits per heavy atom. The molecule has 1 aromatic carbocycles. The Labute approximate surface area is 89.9 Å². The van der Waals surface area contributed by atoms with Gasteiger partial charge in [-0.2, -0.15) is 0 Å². The molecule has 82 valence electrons. The van der Waals surface area contributed by atoms with Gasteiger partial charge in [-0.25, -0.2) is 4.39 Å². The molecule has 1 nitrogen and oxygen atoms in total. The van der Waals surface area contributed by atoms with Crippen LogP contribution in [0.1, 0.15) is 24.8 Å². The van der Waals surface area contributed by atoms with Crippen LogP contribution in [0.5, 0.6) is 0 Å². The number of hydrogen-bond donors (Lipinski definition) is 1. The van der Waals surface area contributed by atoms with E-state index in [1.165, 1.54) is 25.3 Å². The molecule has 1 saturated carbocycles. The molecule has 1 aromatic rings. The van der Waals surface area contributed by atoms with Crippen LogP contribution in [-0.4, -0.2) is 11.7 Å². The predicted molar refractivity (Wildman–Crippen MR) is 58.0 cm³/mol. The standard InChI is InChI=1S/C13H17FO/c14-13-6-1-3-10(8-13)7-12(9-15)11-4-2-5-11/h1,3,6,8,11-12,15H,2,4-5,7,9H2. The van der Waals surface area contributed by atoms with E-state index in [1.807, 2.05) is 6.07 Å². The Morgan fingerprint density at radius 3 is 2.73 bits per heavy atom. The fourth-order valence-corrected chi connectivity index (χ4v) is 2.26. The number of rotatable bonds is 4. The maximum absolute atomic E-state index is 13.0. The number of aliphatic hydroxyl groups is 1. The number of aliphatic hydroxyl groups excluding tert-OH is 1. The molecule has 1 aliphatic carbocycles. The SMILES string of the molecule is OCC(Cc1cccc(F)c1)C1CCC1. The van der Waals surface area contributed by atoms with E-state index in [0.717, 1.165) is 12.0 Å². The molecule has 0 bridgehead atoms. The molecule has 0 aromatic heterocycles. The van der Waals surface area contributed by atoms with Gasteiger partial charge in [0.1, 0.15) is 5.82 Å². The van der Waals surface area contributed by atoms with E-state index in [-0.39, 0.29) is 12.4 Å². The van der Waals surface area contributed by atoms with E-state index in [0.29, 0.717) is 11.8 Å². The summed E-state index contributed by atoms with van der Waals surface area (Å²) in [6.45, 7) is 0.223. The summed E-state index contributed by atoms with van der Waals surface area (Å²) < 4.78 is 13.0. The summed E-state index contributed by atoms with van der Waals surface area (Å²) in [7, 11) is 0. The van der Waals surface area contributed by atoms with E-state index in [2.05, 4.69) is 0 Å². The average Bonchev–Trinajstić information content (AvgIpc) is 2.14. The van der Waals surface area contributed by atoms with Gasteiger partial charge < -0.3 is 5.11 Å². The Kier molecular flexibility index (Phi) is 3.37. The normalized spacial score (nSPS) is 18.5. The third-order valence-corrected chi connectivity index (χ3v) is 3.44. The lowest BCUT2D eigenvalue weighted by Gasteiger charge is -2.32. The Balaban J connectivity index is 1.99. The summed E-state index contributed by atoms with van der Waals surface area (Å²) in [6.07, 6.45) is 4.53. The molecule has 0 heterocycles. The van der Waals surface area contributed by atoms with Crippen LogP contribution in [0.3, 0.4) is 0 Å². The van der Waals surface area contributed by atoms with Crippen LogP contribution in [0.15, 0.2) is 24.3 Å². The van der Waals surface area contributed by atoms with Crippen molar-refractivity contribution in [1.29, 1.82) is 0 Å². The maximum atomic E-state index is 13.0. The molecule has 2 rings (SSSR count). The van der Waals surface area contributed by atoms with E-state index in [4.69, 9.17) is 0 Å². The van der Waals surface area contributed by atoms with Gasteiger partial charge in [0.25, 0.3) is 0 Å². The highest BCUT2D eigenvalue weighted by molar-refractivity contribution is 5.17. The average molecular weight is 208 g/mol. The van der Waals surface area contributed by atoms with Crippen molar-refractivity contribution in [3.8, 4) is 0 Å². The number of halogens is 1. The molecule has 0 radical (unpaired) electrons. The smallest absolute Gasteiger partial charge is 0.123 e. The first-order valence-corrected chi connectivity index (χ1v) is 5.65. The molecule has 1 unspecified atom stereocenters. The minimum absolute atomic E-state index is 0.183. The highest BCUT2D eigenvalue weighted by Crippen LogP contribution is 2.34.